The number of nitrogens with zero attached hydrogens (tertiary/aromatic N) is 1. The van der Waals surface area contributed by atoms with Crippen LogP contribution in [0.4, 0.5) is 18.9 Å². The minimum absolute atomic E-state index is 0.0725. The fraction of sp³-hybridized carbons (Fsp3) is 0.316. The zero-order valence-electron chi connectivity index (χ0n) is 15.6. The normalized spacial score (nSPS) is 17.8. The van der Waals surface area contributed by atoms with Crippen LogP contribution in [0.1, 0.15) is 11.6 Å². The first-order chi connectivity index (χ1) is 13.3. The topological polar surface area (TPSA) is 57.2 Å². The molecule has 0 aromatic heterocycles. The number of ether oxygens (including phenoxy) is 4. The molecule has 2 aromatic carbocycles. The smallest absolute Gasteiger partial charge is 0.349 e. The molecule has 1 saturated heterocycles. The fourth-order valence-electron chi connectivity index (χ4n) is 3.17. The summed E-state index contributed by atoms with van der Waals surface area (Å²) < 4.78 is 63.3. The summed E-state index contributed by atoms with van der Waals surface area (Å²) in [4.78, 5) is 13.0. The van der Waals surface area contributed by atoms with E-state index in [4.69, 9.17) is 18.9 Å². The molecule has 1 fully saturated rings. The molecule has 0 aliphatic carbocycles. The molecule has 2 aromatic rings. The Hall–Kier alpha value is -3.10. The Morgan fingerprint density at radius 2 is 1.46 bits per heavy atom. The van der Waals surface area contributed by atoms with Gasteiger partial charge in [-0.25, -0.2) is 4.39 Å². The fourth-order valence-corrected chi connectivity index (χ4v) is 3.17. The van der Waals surface area contributed by atoms with Gasteiger partial charge in [-0.1, -0.05) is 6.07 Å². The first kappa shape index (κ1) is 19.7. The van der Waals surface area contributed by atoms with Crippen LogP contribution in [-0.4, -0.2) is 40.3 Å². The average molecular weight is 397 g/mol. The minimum atomic E-state index is -3.69. The van der Waals surface area contributed by atoms with Gasteiger partial charge < -0.3 is 18.9 Å². The zero-order chi connectivity index (χ0) is 20.6. The van der Waals surface area contributed by atoms with Crippen molar-refractivity contribution in [2.24, 2.45) is 0 Å². The lowest BCUT2D eigenvalue weighted by Crippen LogP contribution is -2.64. The molecule has 0 radical (unpaired) electrons. The van der Waals surface area contributed by atoms with Gasteiger partial charge in [-0.2, -0.15) is 8.78 Å². The van der Waals surface area contributed by atoms with E-state index in [0.717, 1.165) is 11.0 Å². The molecule has 0 N–H and O–H groups in total. The highest BCUT2D eigenvalue weighted by Gasteiger charge is 2.64. The molecule has 1 heterocycles. The van der Waals surface area contributed by atoms with Crippen molar-refractivity contribution >= 4 is 11.6 Å². The standard InChI is InChI=1S/C19H18F3NO5/c1-25-13-6-5-10(7-12(13)20)17-19(21,22)18(24)23(17)11-8-14(26-2)16(28-4)15(9-11)27-3/h5-9,17H,1-4H3. The van der Waals surface area contributed by atoms with Crippen LogP contribution < -0.4 is 23.8 Å². The summed E-state index contributed by atoms with van der Waals surface area (Å²) in [5, 5.41) is 0. The molecule has 1 unspecified atom stereocenters. The number of β-lactam (4-membered cyclic amide) rings is 1. The van der Waals surface area contributed by atoms with Crippen molar-refractivity contribution in [3.63, 3.8) is 0 Å². The SMILES string of the molecule is COc1ccc(C2N(c3cc(OC)c(OC)c(OC)c3)C(=O)C2(F)F)cc1F. The number of carbonyl (C=O) groups is 1. The van der Waals surface area contributed by atoms with E-state index in [-0.39, 0.29) is 34.2 Å². The highest BCUT2D eigenvalue weighted by Crippen LogP contribution is 2.52. The van der Waals surface area contributed by atoms with Crippen molar-refractivity contribution in [3.8, 4) is 23.0 Å². The van der Waals surface area contributed by atoms with Gasteiger partial charge in [0.05, 0.1) is 34.1 Å². The van der Waals surface area contributed by atoms with Crippen molar-refractivity contribution in [1.82, 2.24) is 0 Å². The third kappa shape index (κ3) is 2.87. The third-order valence-electron chi connectivity index (χ3n) is 4.52. The van der Waals surface area contributed by atoms with Crippen LogP contribution in [0.2, 0.25) is 0 Å². The highest BCUT2D eigenvalue weighted by atomic mass is 19.3. The first-order valence-corrected chi connectivity index (χ1v) is 8.15. The number of methoxy groups -OCH3 is 4. The summed E-state index contributed by atoms with van der Waals surface area (Å²) >= 11 is 0. The number of hydrogen-bond acceptors (Lipinski definition) is 5. The lowest BCUT2D eigenvalue weighted by atomic mass is 9.88. The van der Waals surface area contributed by atoms with Gasteiger partial charge in [-0.3, -0.25) is 9.69 Å². The van der Waals surface area contributed by atoms with Crippen LogP contribution >= 0.6 is 0 Å². The number of amides is 1. The second-order valence-corrected chi connectivity index (χ2v) is 5.98. The van der Waals surface area contributed by atoms with Gasteiger partial charge in [0.15, 0.2) is 23.1 Å². The second-order valence-electron chi connectivity index (χ2n) is 5.98. The quantitative estimate of drug-likeness (QED) is 0.698. The monoisotopic (exact) mass is 397 g/mol. The van der Waals surface area contributed by atoms with Crippen molar-refractivity contribution in [2.45, 2.75) is 12.0 Å². The van der Waals surface area contributed by atoms with Gasteiger partial charge in [0.25, 0.3) is 0 Å². The van der Waals surface area contributed by atoms with Crippen LogP contribution in [-0.2, 0) is 4.79 Å². The van der Waals surface area contributed by atoms with Crippen LogP contribution in [0.5, 0.6) is 23.0 Å². The van der Waals surface area contributed by atoms with Crippen LogP contribution in [0.15, 0.2) is 30.3 Å². The van der Waals surface area contributed by atoms with Crippen LogP contribution in [0, 0.1) is 5.82 Å². The van der Waals surface area contributed by atoms with Crippen LogP contribution in [0.25, 0.3) is 0 Å². The number of carbonyl (C=O) groups excluding carboxylic acids is 1. The number of hydrogen-bond donors (Lipinski definition) is 0. The molecular weight excluding hydrogens is 379 g/mol. The molecule has 0 bridgehead atoms. The maximum atomic E-state index is 14.4. The molecular formula is C19H18F3NO5. The number of alkyl halides is 2. The van der Waals surface area contributed by atoms with Crippen molar-refractivity contribution in [3.05, 3.63) is 41.7 Å². The van der Waals surface area contributed by atoms with E-state index in [0.29, 0.717) is 0 Å². The summed E-state index contributed by atoms with van der Waals surface area (Å²) in [7, 11) is 5.39. The molecule has 9 heteroatoms. The molecule has 1 aliphatic heterocycles. The summed E-state index contributed by atoms with van der Waals surface area (Å²) in [6.07, 6.45) is 0. The molecule has 3 rings (SSSR count). The largest absolute Gasteiger partial charge is 0.494 e. The van der Waals surface area contributed by atoms with E-state index in [1.807, 2.05) is 0 Å². The molecule has 0 saturated carbocycles. The minimum Gasteiger partial charge on any atom is -0.494 e. The summed E-state index contributed by atoms with van der Waals surface area (Å²) in [5.74, 6) is -5.36. The Kier molecular flexibility index (Phi) is 5.01. The lowest BCUT2D eigenvalue weighted by Gasteiger charge is -2.46. The van der Waals surface area contributed by atoms with Gasteiger partial charge in [0.1, 0.15) is 6.04 Å². The Morgan fingerprint density at radius 3 is 1.93 bits per heavy atom. The number of halogens is 3. The molecule has 28 heavy (non-hydrogen) atoms. The Bertz CT molecular complexity index is 893. The van der Waals surface area contributed by atoms with E-state index in [2.05, 4.69) is 0 Å². The summed E-state index contributed by atoms with van der Waals surface area (Å²) in [6, 6.07) is 4.51. The Balaban J connectivity index is 2.10. The molecule has 1 amide bonds. The van der Waals surface area contributed by atoms with Crippen molar-refractivity contribution < 1.29 is 36.9 Å². The Labute approximate surface area is 159 Å². The van der Waals surface area contributed by atoms with Crippen molar-refractivity contribution in [1.29, 1.82) is 0 Å². The summed E-state index contributed by atoms with van der Waals surface area (Å²) in [5.41, 5.74) is 0.0308. The second kappa shape index (κ2) is 7.14. The lowest BCUT2D eigenvalue weighted by molar-refractivity contribution is -0.162. The maximum Gasteiger partial charge on any atom is 0.349 e. The zero-order valence-corrected chi connectivity index (χ0v) is 15.6. The third-order valence-corrected chi connectivity index (χ3v) is 4.52. The van der Waals surface area contributed by atoms with Crippen LogP contribution in [0.3, 0.4) is 0 Å². The van der Waals surface area contributed by atoms with E-state index in [1.165, 1.54) is 52.7 Å². The van der Waals surface area contributed by atoms with Crippen molar-refractivity contribution in [2.75, 3.05) is 33.3 Å². The van der Waals surface area contributed by atoms with Gasteiger partial charge in [-0.05, 0) is 17.7 Å². The molecule has 0 spiro atoms. The average Bonchev–Trinajstić information content (AvgIpc) is 2.70. The predicted molar refractivity (Wildman–Crippen MR) is 94.2 cm³/mol. The van der Waals surface area contributed by atoms with E-state index in [9.17, 15) is 18.0 Å². The van der Waals surface area contributed by atoms with Gasteiger partial charge in [0, 0.05) is 12.1 Å². The van der Waals surface area contributed by atoms with Gasteiger partial charge in [0.2, 0.25) is 5.75 Å². The van der Waals surface area contributed by atoms with Gasteiger partial charge >= 0.3 is 11.8 Å². The van der Waals surface area contributed by atoms with E-state index < -0.39 is 23.7 Å². The molecule has 1 aliphatic rings. The van der Waals surface area contributed by atoms with Gasteiger partial charge in [-0.15, -0.1) is 0 Å². The number of rotatable bonds is 6. The first-order valence-electron chi connectivity index (χ1n) is 8.15. The molecule has 1 atom stereocenters. The molecule has 6 nitrogen and oxygen atoms in total. The Morgan fingerprint density at radius 1 is 0.893 bits per heavy atom. The number of benzene rings is 2. The number of anilines is 1. The summed E-state index contributed by atoms with van der Waals surface area (Å²) in [6.45, 7) is 0. The molecule has 150 valence electrons. The predicted octanol–water partition coefficient (Wildman–Crippen LogP) is 3.58. The highest BCUT2D eigenvalue weighted by molar-refractivity contribution is 6.07. The van der Waals surface area contributed by atoms with E-state index >= 15 is 0 Å². The maximum absolute atomic E-state index is 14.4. The van der Waals surface area contributed by atoms with E-state index in [1.54, 1.807) is 0 Å².